The molecule has 3 heterocycles. The van der Waals surface area contributed by atoms with Crippen molar-refractivity contribution in [1.29, 1.82) is 0 Å². The molecule has 0 amide bonds. The summed E-state index contributed by atoms with van der Waals surface area (Å²) in [5.41, 5.74) is 6.57. The lowest BCUT2D eigenvalue weighted by Gasteiger charge is -2.21. The molecule has 2 unspecified atom stereocenters. The summed E-state index contributed by atoms with van der Waals surface area (Å²) in [6.07, 6.45) is 16.4. The van der Waals surface area contributed by atoms with E-state index in [9.17, 15) is 0 Å². The summed E-state index contributed by atoms with van der Waals surface area (Å²) in [6.45, 7) is 6.18. The maximum absolute atomic E-state index is 4.63. The maximum Gasteiger partial charge on any atom is 0.0923 e. The zero-order chi connectivity index (χ0) is 23.2. The van der Waals surface area contributed by atoms with E-state index in [0.717, 1.165) is 23.1 Å². The van der Waals surface area contributed by atoms with Crippen LogP contribution in [0.15, 0.2) is 84.4 Å². The van der Waals surface area contributed by atoms with Crippen LogP contribution in [0.4, 0.5) is 5.69 Å². The van der Waals surface area contributed by atoms with E-state index < -0.39 is 0 Å². The van der Waals surface area contributed by atoms with Gasteiger partial charge in [0, 0.05) is 61.2 Å². The molecule has 5 rings (SSSR count). The first kappa shape index (κ1) is 22.5. The van der Waals surface area contributed by atoms with Crippen LogP contribution < -0.4 is 5.32 Å². The highest BCUT2D eigenvalue weighted by Crippen LogP contribution is 2.26. The molecule has 0 radical (unpaired) electrons. The predicted octanol–water partition coefficient (Wildman–Crippen LogP) is 6.31. The van der Waals surface area contributed by atoms with Crippen LogP contribution in [0.3, 0.4) is 0 Å². The van der Waals surface area contributed by atoms with Gasteiger partial charge in [0.15, 0.2) is 0 Å². The first-order valence-corrected chi connectivity index (χ1v) is 11.6. The molecule has 168 valence electrons. The van der Waals surface area contributed by atoms with Crippen LogP contribution in [-0.4, -0.2) is 26.8 Å². The van der Waals surface area contributed by atoms with Gasteiger partial charge in [-0.2, -0.15) is 0 Å². The maximum atomic E-state index is 4.63. The number of benzene rings is 2. The summed E-state index contributed by atoms with van der Waals surface area (Å²) in [6, 6.07) is 13.3. The van der Waals surface area contributed by atoms with Crippen molar-refractivity contribution in [1.82, 2.24) is 14.5 Å². The minimum atomic E-state index is 0.196. The first-order chi connectivity index (χ1) is 16.2. The molecule has 1 aliphatic rings. The lowest BCUT2D eigenvalue weighted by Crippen LogP contribution is -2.25. The molecule has 0 saturated heterocycles. The van der Waals surface area contributed by atoms with Crippen molar-refractivity contribution in [3.05, 3.63) is 90.5 Å². The molecule has 4 aromatic rings. The van der Waals surface area contributed by atoms with Gasteiger partial charge in [0.05, 0.1) is 11.0 Å². The Bertz CT molecular complexity index is 1310. The van der Waals surface area contributed by atoms with Crippen molar-refractivity contribution >= 4 is 33.8 Å². The first-order valence-electron chi connectivity index (χ1n) is 11.6. The second-order valence-corrected chi connectivity index (χ2v) is 8.09. The van der Waals surface area contributed by atoms with Crippen LogP contribution in [-0.2, 0) is 13.5 Å². The highest BCUT2D eigenvalue weighted by atomic mass is 14.9. The molecule has 2 aromatic carbocycles. The van der Waals surface area contributed by atoms with Gasteiger partial charge in [-0.1, -0.05) is 38.1 Å². The monoisotopic (exact) mass is 437 g/mol. The van der Waals surface area contributed by atoms with Crippen molar-refractivity contribution in [2.24, 2.45) is 18.0 Å². The summed E-state index contributed by atoms with van der Waals surface area (Å²) >= 11 is 0. The number of fused-ring (bicyclic) bond motifs is 2. The Kier molecular flexibility index (Phi) is 6.98. The van der Waals surface area contributed by atoms with E-state index in [-0.39, 0.29) is 12.0 Å². The fraction of sp³-hybridized carbons (Fsp3) is 0.250. The van der Waals surface area contributed by atoms with Gasteiger partial charge in [-0.05, 0) is 60.2 Å². The third kappa shape index (κ3) is 5.03. The number of anilines is 1. The third-order valence-electron chi connectivity index (χ3n) is 5.85. The van der Waals surface area contributed by atoms with Gasteiger partial charge in [0.1, 0.15) is 0 Å². The Hall–Kier alpha value is -3.73. The van der Waals surface area contributed by atoms with E-state index in [2.05, 4.69) is 87.5 Å². The number of allylic oxidation sites excluding steroid dienone is 2. The fourth-order valence-corrected chi connectivity index (χ4v) is 4.15. The number of hydrogen-bond donors (Lipinski definition) is 1. The van der Waals surface area contributed by atoms with Crippen molar-refractivity contribution in [3.8, 4) is 0 Å². The van der Waals surface area contributed by atoms with Gasteiger partial charge in [-0.25, -0.2) is 0 Å². The lowest BCUT2D eigenvalue weighted by molar-refractivity contribution is 0.720. The fourth-order valence-electron chi connectivity index (χ4n) is 4.15. The van der Waals surface area contributed by atoms with Crippen molar-refractivity contribution in [3.63, 3.8) is 0 Å². The van der Waals surface area contributed by atoms with Crippen molar-refractivity contribution in [2.45, 2.75) is 33.2 Å². The summed E-state index contributed by atoms with van der Waals surface area (Å²) in [7, 11) is 2.08. The Balaban J connectivity index is 0.00000126. The van der Waals surface area contributed by atoms with Crippen LogP contribution in [0.25, 0.3) is 21.9 Å². The van der Waals surface area contributed by atoms with Crippen LogP contribution in [0, 0.1) is 5.92 Å². The van der Waals surface area contributed by atoms with Gasteiger partial charge < -0.3 is 9.88 Å². The molecule has 1 N–H and O–H groups in total. The van der Waals surface area contributed by atoms with E-state index in [1.807, 2.05) is 38.4 Å². The molecule has 2 aromatic heterocycles. The minimum absolute atomic E-state index is 0.196. The van der Waals surface area contributed by atoms with E-state index in [0.29, 0.717) is 0 Å². The Morgan fingerprint density at radius 3 is 2.76 bits per heavy atom. The van der Waals surface area contributed by atoms with Gasteiger partial charge >= 0.3 is 0 Å². The largest absolute Gasteiger partial charge is 0.382 e. The van der Waals surface area contributed by atoms with Gasteiger partial charge in [-0.15, -0.1) is 0 Å². The second kappa shape index (κ2) is 10.3. The van der Waals surface area contributed by atoms with Crippen LogP contribution in [0.5, 0.6) is 0 Å². The number of hydrogen-bond acceptors (Lipinski definition) is 4. The summed E-state index contributed by atoms with van der Waals surface area (Å²) in [5, 5.41) is 4.91. The molecule has 0 aliphatic carbocycles. The molecule has 1 aliphatic heterocycles. The van der Waals surface area contributed by atoms with E-state index in [4.69, 9.17) is 0 Å². The number of aryl methyl sites for hydroxylation is 1. The van der Waals surface area contributed by atoms with E-state index >= 15 is 0 Å². The molecular weight excluding hydrogens is 406 g/mol. The standard InChI is InChI=1S/C26H25N5.C2H6/c1-18(21-5-3-4-9-27-17-21)30-23-15-22(26-24(16-23)28-10-11-29-26)13-19-6-7-20-8-12-31(2)25(20)14-19;1-2/h3-12,14-18,21,30H,13H2,1-2H3;1-2H3. The molecule has 0 spiro atoms. The Morgan fingerprint density at radius 2 is 1.88 bits per heavy atom. The number of rotatable bonds is 5. The second-order valence-electron chi connectivity index (χ2n) is 8.09. The zero-order valence-electron chi connectivity index (χ0n) is 19.7. The minimum Gasteiger partial charge on any atom is -0.382 e. The Labute approximate surface area is 195 Å². The average Bonchev–Trinajstić information content (AvgIpc) is 3.03. The molecule has 5 nitrogen and oxygen atoms in total. The van der Waals surface area contributed by atoms with Gasteiger partial charge in [0.25, 0.3) is 0 Å². The van der Waals surface area contributed by atoms with Crippen LogP contribution in [0.1, 0.15) is 31.9 Å². The number of nitrogens with zero attached hydrogens (tertiary/aromatic N) is 4. The topological polar surface area (TPSA) is 55.1 Å². The summed E-state index contributed by atoms with van der Waals surface area (Å²) < 4.78 is 2.16. The average molecular weight is 438 g/mol. The summed E-state index contributed by atoms with van der Waals surface area (Å²) in [4.78, 5) is 13.5. The predicted molar refractivity (Wildman–Crippen MR) is 140 cm³/mol. The number of nitrogens with one attached hydrogen (secondary N) is 1. The lowest BCUT2D eigenvalue weighted by atomic mass is 9.99. The molecular formula is C28H31N5. The molecule has 5 heteroatoms. The highest BCUT2D eigenvalue weighted by molar-refractivity contribution is 5.84. The molecule has 0 bridgehead atoms. The summed E-state index contributed by atoms with van der Waals surface area (Å²) in [5.74, 6) is 0.218. The molecule has 2 atom stereocenters. The van der Waals surface area contributed by atoms with E-state index in [1.54, 1.807) is 12.4 Å². The third-order valence-corrected chi connectivity index (χ3v) is 5.85. The van der Waals surface area contributed by atoms with Crippen LogP contribution >= 0.6 is 0 Å². The molecule has 33 heavy (non-hydrogen) atoms. The number of aliphatic imine (C=N–C) groups is 1. The van der Waals surface area contributed by atoms with Crippen molar-refractivity contribution in [2.75, 3.05) is 5.32 Å². The molecule has 0 saturated carbocycles. The SMILES string of the molecule is CC.CC(Nc1cc(Cc2ccc3ccn(C)c3c2)c2nccnc2c1)C1C=CC=CN=C1. The van der Waals surface area contributed by atoms with Gasteiger partial charge in [-0.3, -0.25) is 15.0 Å². The van der Waals surface area contributed by atoms with E-state index in [1.165, 1.54) is 22.0 Å². The Morgan fingerprint density at radius 1 is 1.03 bits per heavy atom. The quantitative estimate of drug-likeness (QED) is 0.398. The van der Waals surface area contributed by atoms with Crippen molar-refractivity contribution < 1.29 is 0 Å². The normalized spacial score (nSPS) is 15.8. The highest BCUT2D eigenvalue weighted by Gasteiger charge is 2.15. The zero-order valence-corrected chi connectivity index (χ0v) is 19.7. The van der Waals surface area contributed by atoms with Crippen LogP contribution in [0.2, 0.25) is 0 Å². The molecule has 0 fully saturated rings. The van der Waals surface area contributed by atoms with Gasteiger partial charge in [0.2, 0.25) is 0 Å². The smallest absolute Gasteiger partial charge is 0.0923 e. The number of aromatic nitrogens is 3.